The lowest BCUT2D eigenvalue weighted by atomic mass is 10.1. The van der Waals surface area contributed by atoms with Gasteiger partial charge in [0.05, 0.1) is 18.6 Å². The first-order chi connectivity index (χ1) is 17.1. The Morgan fingerprint density at radius 2 is 1.72 bits per heavy atom. The highest BCUT2D eigenvalue weighted by Crippen LogP contribution is 2.30. The van der Waals surface area contributed by atoms with Gasteiger partial charge in [-0.3, -0.25) is 13.9 Å². The molecular weight excluding hydrogens is 478 g/mol. The van der Waals surface area contributed by atoms with E-state index in [4.69, 9.17) is 4.74 Å². The molecule has 2 rings (SSSR count). The Labute approximate surface area is 215 Å². The molecule has 8 nitrogen and oxygen atoms in total. The van der Waals surface area contributed by atoms with Crippen molar-refractivity contribution in [2.24, 2.45) is 0 Å². The Morgan fingerprint density at radius 3 is 2.36 bits per heavy atom. The van der Waals surface area contributed by atoms with Crippen LogP contribution in [-0.4, -0.2) is 57.1 Å². The van der Waals surface area contributed by atoms with Crippen molar-refractivity contribution in [1.82, 2.24) is 10.2 Å². The number of nitrogens with one attached hydrogen (secondary N) is 1. The maximum absolute atomic E-state index is 13.4. The number of hydrogen-bond donors (Lipinski definition) is 1. The normalized spacial score (nSPS) is 12.0. The second-order valence-corrected chi connectivity index (χ2v) is 10.7. The minimum Gasteiger partial charge on any atom is -0.492 e. The quantitative estimate of drug-likeness (QED) is 0.410. The summed E-state index contributed by atoms with van der Waals surface area (Å²) in [5.74, 6) is 0.0604. The number of para-hydroxylation sites is 2. The van der Waals surface area contributed by atoms with E-state index in [1.807, 2.05) is 45.0 Å². The van der Waals surface area contributed by atoms with Crippen molar-refractivity contribution in [2.45, 2.75) is 59.5 Å². The fourth-order valence-corrected chi connectivity index (χ4v) is 4.84. The fourth-order valence-electron chi connectivity index (χ4n) is 3.87. The summed E-state index contributed by atoms with van der Waals surface area (Å²) in [4.78, 5) is 27.7. The largest absolute Gasteiger partial charge is 0.492 e. The summed E-state index contributed by atoms with van der Waals surface area (Å²) in [5.41, 5.74) is 2.44. The predicted molar refractivity (Wildman–Crippen MR) is 144 cm³/mol. The van der Waals surface area contributed by atoms with E-state index in [9.17, 15) is 18.0 Å². The number of amides is 2. The van der Waals surface area contributed by atoms with E-state index in [1.165, 1.54) is 4.31 Å². The van der Waals surface area contributed by atoms with E-state index in [-0.39, 0.29) is 24.8 Å². The molecule has 0 bridgehead atoms. The molecule has 0 saturated heterocycles. The molecule has 36 heavy (non-hydrogen) atoms. The summed E-state index contributed by atoms with van der Waals surface area (Å²) in [7, 11) is -3.61. The number of rotatable bonds is 14. The van der Waals surface area contributed by atoms with Crippen LogP contribution in [0.5, 0.6) is 5.75 Å². The van der Waals surface area contributed by atoms with Gasteiger partial charge in [-0.15, -0.1) is 0 Å². The van der Waals surface area contributed by atoms with Gasteiger partial charge in [-0.1, -0.05) is 43.3 Å². The second kappa shape index (κ2) is 13.9. The van der Waals surface area contributed by atoms with Gasteiger partial charge in [-0.25, -0.2) is 8.42 Å². The van der Waals surface area contributed by atoms with Crippen molar-refractivity contribution in [2.75, 3.05) is 30.3 Å². The molecule has 198 valence electrons. The number of carbonyl (C=O) groups is 2. The van der Waals surface area contributed by atoms with Gasteiger partial charge in [0.15, 0.2) is 0 Å². The Balaban J connectivity index is 2.20. The number of aryl methyl sites for hydroxylation is 1. The summed E-state index contributed by atoms with van der Waals surface area (Å²) in [6, 6.07) is 14.1. The lowest BCUT2D eigenvalue weighted by molar-refractivity contribution is -0.140. The SMILES string of the molecule is CCCNC(=O)C(C)N(Cc1ccccc1C)C(=O)CCCN(c1ccccc1OCC)S(C)(=O)=O. The monoisotopic (exact) mass is 517 g/mol. The zero-order chi connectivity index (χ0) is 26.7. The van der Waals surface area contributed by atoms with Crippen LogP contribution in [0.2, 0.25) is 0 Å². The number of ether oxygens (including phenoxy) is 1. The van der Waals surface area contributed by atoms with Crippen molar-refractivity contribution < 1.29 is 22.7 Å². The topological polar surface area (TPSA) is 96.0 Å². The summed E-state index contributed by atoms with van der Waals surface area (Å²) >= 11 is 0. The van der Waals surface area contributed by atoms with E-state index in [0.29, 0.717) is 37.6 Å². The zero-order valence-corrected chi connectivity index (χ0v) is 22.8. The molecule has 1 atom stereocenters. The van der Waals surface area contributed by atoms with Gasteiger partial charge in [0.25, 0.3) is 0 Å². The van der Waals surface area contributed by atoms with Crippen molar-refractivity contribution in [1.29, 1.82) is 0 Å². The molecular formula is C27H39N3O5S. The minimum atomic E-state index is -3.61. The summed E-state index contributed by atoms with van der Waals surface area (Å²) in [5, 5.41) is 2.87. The molecule has 0 heterocycles. The number of sulfonamides is 1. The van der Waals surface area contributed by atoms with Crippen LogP contribution in [0.25, 0.3) is 0 Å². The summed E-state index contributed by atoms with van der Waals surface area (Å²) in [6.45, 7) is 8.86. The number of nitrogens with zero attached hydrogens (tertiary/aromatic N) is 2. The third-order valence-electron chi connectivity index (χ3n) is 5.90. The molecule has 2 amide bonds. The zero-order valence-electron chi connectivity index (χ0n) is 22.0. The smallest absolute Gasteiger partial charge is 0.242 e. The lowest BCUT2D eigenvalue weighted by Gasteiger charge is -2.30. The van der Waals surface area contributed by atoms with Crippen LogP contribution in [-0.2, 0) is 26.2 Å². The number of carbonyl (C=O) groups excluding carboxylic acids is 2. The van der Waals surface area contributed by atoms with Gasteiger partial charge in [0.2, 0.25) is 21.8 Å². The predicted octanol–water partition coefficient (Wildman–Crippen LogP) is 3.88. The molecule has 1 unspecified atom stereocenters. The molecule has 0 fully saturated rings. The Bertz CT molecular complexity index is 1120. The third kappa shape index (κ3) is 8.26. The average Bonchev–Trinajstić information content (AvgIpc) is 2.84. The highest BCUT2D eigenvalue weighted by Gasteiger charge is 2.27. The van der Waals surface area contributed by atoms with Gasteiger partial charge in [0.1, 0.15) is 11.8 Å². The second-order valence-electron chi connectivity index (χ2n) is 8.75. The van der Waals surface area contributed by atoms with Crippen LogP contribution >= 0.6 is 0 Å². The van der Waals surface area contributed by atoms with Crippen molar-refractivity contribution >= 4 is 27.5 Å². The summed E-state index contributed by atoms with van der Waals surface area (Å²) in [6.07, 6.45) is 2.33. The molecule has 1 N–H and O–H groups in total. The van der Waals surface area contributed by atoms with Crippen molar-refractivity contribution in [3.8, 4) is 5.75 Å². The van der Waals surface area contributed by atoms with Crippen LogP contribution in [0.3, 0.4) is 0 Å². The first-order valence-electron chi connectivity index (χ1n) is 12.4. The minimum absolute atomic E-state index is 0.0973. The molecule has 0 aliphatic carbocycles. The first-order valence-corrected chi connectivity index (χ1v) is 14.3. The molecule has 0 saturated carbocycles. The van der Waals surface area contributed by atoms with Crippen molar-refractivity contribution in [3.05, 3.63) is 59.7 Å². The van der Waals surface area contributed by atoms with Crippen molar-refractivity contribution in [3.63, 3.8) is 0 Å². The first kappa shape index (κ1) is 29.2. The average molecular weight is 518 g/mol. The van der Waals surface area contributed by atoms with Gasteiger partial charge in [-0.05, 0) is 56.9 Å². The van der Waals surface area contributed by atoms with Crippen LogP contribution in [0, 0.1) is 6.92 Å². The maximum atomic E-state index is 13.4. The standard InChI is InChI=1S/C27H39N3O5S/c1-6-18-28-27(32)22(4)29(20-23-14-9-8-13-21(23)3)26(31)17-12-19-30(36(5,33)34)24-15-10-11-16-25(24)35-7-2/h8-11,13-16,22H,6-7,12,17-20H2,1-5H3,(H,28,32). The van der Waals surface area contributed by atoms with E-state index in [1.54, 1.807) is 36.1 Å². The van der Waals surface area contributed by atoms with E-state index < -0.39 is 16.1 Å². The third-order valence-corrected chi connectivity index (χ3v) is 7.08. The molecule has 2 aromatic carbocycles. The molecule has 0 aliphatic heterocycles. The molecule has 0 spiro atoms. The van der Waals surface area contributed by atoms with Gasteiger partial charge in [0, 0.05) is 26.1 Å². The number of benzene rings is 2. The Hall–Kier alpha value is -3.07. The molecule has 2 aromatic rings. The van der Waals surface area contributed by atoms with Crippen LogP contribution < -0.4 is 14.4 Å². The number of anilines is 1. The fraction of sp³-hybridized carbons (Fsp3) is 0.481. The van der Waals surface area contributed by atoms with Crippen LogP contribution in [0.15, 0.2) is 48.5 Å². The number of hydrogen-bond acceptors (Lipinski definition) is 5. The molecule has 0 radical (unpaired) electrons. The van der Waals surface area contributed by atoms with E-state index in [0.717, 1.165) is 23.8 Å². The maximum Gasteiger partial charge on any atom is 0.242 e. The van der Waals surface area contributed by atoms with Gasteiger partial charge in [-0.2, -0.15) is 0 Å². The summed E-state index contributed by atoms with van der Waals surface area (Å²) < 4.78 is 32.1. The van der Waals surface area contributed by atoms with Crippen LogP contribution in [0.1, 0.15) is 51.2 Å². The highest BCUT2D eigenvalue weighted by molar-refractivity contribution is 7.92. The lowest BCUT2D eigenvalue weighted by Crippen LogP contribution is -2.48. The van der Waals surface area contributed by atoms with E-state index in [2.05, 4.69) is 5.32 Å². The molecule has 0 aliphatic rings. The van der Waals surface area contributed by atoms with Gasteiger partial charge < -0.3 is 15.0 Å². The molecule has 0 aromatic heterocycles. The van der Waals surface area contributed by atoms with Gasteiger partial charge >= 0.3 is 0 Å². The highest BCUT2D eigenvalue weighted by atomic mass is 32.2. The molecule has 9 heteroatoms. The Kier molecular flexibility index (Phi) is 11.2. The van der Waals surface area contributed by atoms with E-state index >= 15 is 0 Å². The Morgan fingerprint density at radius 1 is 1.06 bits per heavy atom. The van der Waals surface area contributed by atoms with Crippen LogP contribution in [0.4, 0.5) is 5.69 Å².